The van der Waals surface area contributed by atoms with Crippen molar-refractivity contribution in [3.05, 3.63) is 0 Å². The molecule has 0 aromatic rings. The van der Waals surface area contributed by atoms with E-state index in [0.29, 0.717) is 6.54 Å². The van der Waals surface area contributed by atoms with Gasteiger partial charge in [0, 0.05) is 11.9 Å². The Kier molecular flexibility index (Phi) is 6.59. The molecule has 0 saturated heterocycles. The van der Waals surface area contributed by atoms with Gasteiger partial charge < -0.3 is 10.1 Å². The van der Waals surface area contributed by atoms with Gasteiger partial charge >= 0.3 is 6.18 Å². The standard InChI is InChI=1S/C12H19BrF3NO2/c13-7-11(4-2-1-3-5-11)8-17-10(18)6-19-9-12(14,15)16/h1-9H2,(H,17,18). The molecule has 3 nitrogen and oxygen atoms in total. The van der Waals surface area contributed by atoms with E-state index in [1.807, 2.05) is 0 Å². The minimum Gasteiger partial charge on any atom is -0.362 e. The van der Waals surface area contributed by atoms with Gasteiger partial charge in [0.1, 0.15) is 13.2 Å². The van der Waals surface area contributed by atoms with Gasteiger partial charge in [0.15, 0.2) is 0 Å². The third-order valence-corrected chi connectivity index (χ3v) is 4.55. The van der Waals surface area contributed by atoms with Crippen LogP contribution in [-0.4, -0.2) is 37.2 Å². The Morgan fingerprint density at radius 2 is 1.89 bits per heavy atom. The van der Waals surface area contributed by atoms with Gasteiger partial charge in [0.2, 0.25) is 5.91 Å². The van der Waals surface area contributed by atoms with Crippen LogP contribution >= 0.6 is 15.9 Å². The fourth-order valence-corrected chi connectivity index (χ4v) is 3.01. The molecule has 1 fully saturated rings. The lowest BCUT2D eigenvalue weighted by Gasteiger charge is -2.35. The van der Waals surface area contributed by atoms with Gasteiger partial charge in [0.25, 0.3) is 0 Å². The summed E-state index contributed by atoms with van der Waals surface area (Å²) in [6.07, 6.45) is 1.14. The topological polar surface area (TPSA) is 38.3 Å². The summed E-state index contributed by atoms with van der Waals surface area (Å²) in [5, 5.41) is 3.46. The largest absolute Gasteiger partial charge is 0.411 e. The van der Waals surface area contributed by atoms with Crippen molar-refractivity contribution in [1.82, 2.24) is 5.32 Å². The van der Waals surface area contributed by atoms with Gasteiger partial charge in [0.05, 0.1) is 0 Å². The molecule has 0 heterocycles. The molecular formula is C12H19BrF3NO2. The first kappa shape index (κ1) is 16.8. The van der Waals surface area contributed by atoms with Crippen LogP contribution < -0.4 is 5.32 Å². The summed E-state index contributed by atoms with van der Waals surface area (Å²) in [6, 6.07) is 0. The Labute approximate surface area is 119 Å². The van der Waals surface area contributed by atoms with Crippen molar-refractivity contribution in [1.29, 1.82) is 0 Å². The summed E-state index contributed by atoms with van der Waals surface area (Å²) in [6.45, 7) is -1.44. The zero-order chi connectivity index (χ0) is 14.4. The molecule has 0 spiro atoms. The summed E-state index contributed by atoms with van der Waals surface area (Å²) < 4.78 is 39.8. The first-order chi connectivity index (χ1) is 8.87. The molecule has 7 heteroatoms. The van der Waals surface area contributed by atoms with Crippen molar-refractivity contribution < 1.29 is 22.7 Å². The summed E-state index contributed by atoms with van der Waals surface area (Å²) in [5.74, 6) is -0.491. The Balaban J connectivity index is 2.25. The lowest BCUT2D eigenvalue weighted by molar-refractivity contribution is -0.175. The zero-order valence-corrected chi connectivity index (χ0v) is 12.3. The molecule has 1 aliphatic carbocycles. The van der Waals surface area contributed by atoms with Crippen molar-refractivity contribution in [2.24, 2.45) is 5.41 Å². The first-order valence-electron chi connectivity index (χ1n) is 6.34. The third-order valence-electron chi connectivity index (χ3n) is 3.36. The minimum atomic E-state index is -4.39. The number of carbonyl (C=O) groups excluding carboxylic acids is 1. The Morgan fingerprint density at radius 1 is 1.26 bits per heavy atom. The Hall–Kier alpha value is -0.300. The van der Waals surface area contributed by atoms with Gasteiger partial charge in [-0.1, -0.05) is 35.2 Å². The highest BCUT2D eigenvalue weighted by Gasteiger charge is 2.31. The highest BCUT2D eigenvalue weighted by molar-refractivity contribution is 9.09. The van der Waals surface area contributed by atoms with Gasteiger partial charge in [-0.2, -0.15) is 13.2 Å². The highest BCUT2D eigenvalue weighted by Crippen LogP contribution is 2.37. The van der Waals surface area contributed by atoms with Crippen LogP contribution in [0.4, 0.5) is 13.2 Å². The number of carbonyl (C=O) groups is 1. The molecule has 0 bridgehead atoms. The molecule has 112 valence electrons. The second kappa shape index (κ2) is 7.47. The average Bonchev–Trinajstić information content (AvgIpc) is 2.36. The summed E-state index contributed by atoms with van der Waals surface area (Å²) >= 11 is 3.47. The molecule has 1 saturated carbocycles. The van der Waals surface area contributed by atoms with Crippen molar-refractivity contribution in [3.63, 3.8) is 0 Å². The molecule has 0 atom stereocenters. The average molecular weight is 346 g/mol. The quantitative estimate of drug-likeness (QED) is 0.751. The van der Waals surface area contributed by atoms with E-state index in [4.69, 9.17) is 0 Å². The van der Waals surface area contributed by atoms with E-state index < -0.39 is 25.3 Å². The zero-order valence-electron chi connectivity index (χ0n) is 10.7. The van der Waals surface area contributed by atoms with E-state index in [0.717, 1.165) is 31.0 Å². The summed E-state index contributed by atoms with van der Waals surface area (Å²) in [7, 11) is 0. The molecule has 1 aliphatic rings. The third kappa shape index (κ3) is 6.61. The Bertz CT molecular complexity index is 291. The van der Waals surface area contributed by atoms with E-state index in [1.54, 1.807) is 0 Å². The normalized spacial score (nSPS) is 19.2. The highest BCUT2D eigenvalue weighted by atomic mass is 79.9. The SMILES string of the molecule is O=C(COCC(F)(F)F)NCC1(CBr)CCCCC1. The molecule has 1 amide bonds. The molecular weight excluding hydrogens is 327 g/mol. The Morgan fingerprint density at radius 3 is 2.42 bits per heavy atom. The van der Waals surface area contributed by atoms with Crippen LogP contribution in [0.2, 0.25) is 0 Å². The number of hydrogen-bond acceptors (Lipinski definition) is 2. The van der Waals surface area contributed by atoms with Crippen LogP contribution in [0.1, 0.15) is 32.1 Å². The van der Waals surface area contributed by atoms with Crippen LogP contribution in [0.25, 0.3) is 0 Å². The molecule has 1 rings (SSSR count). The van der Waals surface area contributed by atoms with Crippen LogP contribution in [0.5, 0.6) is 0 Å². The molecule has 0 aromatic heterocycles. The van der Waals surface area contributed by atoms with Crippen molar-refractivity contribution in [3.8, 4) is 0 Å². The maximum Gasteiger partial charge on any atom is 0.411 e. The van der Waals surface area contributed by atoms with E-state index in [2.05, 4.69) is 26.0 Å². The van der Waals surface area contributed by atoms with E-state index in [-0.39, 0.29) is 5.41 Å². The second-order valence-electron chi connectivity index (χ2n) is 5.08. The number of ether oxygens (including phenoxy) is 1. The second-order valence-corrected chi connectivity index (χ2v) is 5.64. The van der Waals surface area contributed by atoms with Crippen molar-refractivity contribution in [2.75, 3.05) is 25.1 Å². The summed E-state index contributed by atoms with van der Waals surface area (Å²) in [5.41, 5.74) is 0.0396. The number of alkyl halides is 4. The van der Waals surface area contributed by atoms with Crippen molar-refractivity contribution >= 4 is 21.8 Å². The number of amides is 1. The number of nitrogens with one attached hydrogen (secondary N) is 1. The fraction of sp³-hybridized carbons (Fsp3) is 0.917. The van der Waals surface area contributed by atoms with Gasteiger partial charge in [-0.3, -0.25) is 4.79 Å². The molecule has 0 aliphatic heterocycles. The van der Waals surface area contributed by atoms with Gasteiger partial charge in [-0.15, -0.1) is 0 Å². The van der Waals surface area contributed by atoms with Crippen LogP contribution in [0, 0.1) is 5.41 Å². The fourth-order valence-electron chi connectivity index (χ4n) is 2.26. The molecule has 19 heavy (non-hydrogen) atoms. The first-order valence-corrected chi connectivity index (χ1v) is 7.46. The molecule has 0 unspecified atom stereocenters. The molecule has 0 aromatic carbocycles. The van der Waals surface area contributed by atoms with E-state index in [1.165, 1.54) is 6.42 Å². The predicted octanol–water partition coefficient (Wildman–Crippen LogP) is 3.03. The lowest BCUT2D eigenvalue weighted by atomic mass is 9.75. The van der Waals surface area contributed by atoms with Gasteiger partial charge in [-0.25, -0.2) is 0 Å². The van der Waals surface area contributed by atoms with Gasteiger partial charge in [-0.05, 0) is 18.3 Å². The maximum atomic E-state index is 11.8. The van der Waals surface area contributed by atoms with Crippen molar-refractivity contribution in [2.45, 2.75) is 38.3 Å². The van der Waals surface area contributed by atoms with E-state index in [9.17, 15) is 18.0 Å². The van der Waals surface area contributed by atoms with Crippen LogP contribution in [-0.2, 0) is 9.53 Å². The minimum absolute atomic E-state index is 0.0396. The number of rotatable bonds is 6. The van der Waals surface area contributed by atoms with Crippen LogP contribution in [0.15, 0.2) is 0 Å². The smallest absolute Gasteiger partial charge is 0.362 e. The van der Waals surface area contributed by atoms with Crippen LogP contribution in [0.3, 0.4) is 0 Å². The van der Waals surface area contributed by atoms with E-state index >= 15 is 0 Å². The monoisotopic (exact) mass is 345 g/mol. The summed E-state index contributed by atoms with van der Waals surface area (Å²) in [4.78, 5) is 11.4. The maximum absolute atomic E-state index is 11.8. The lowest BCUT2D eigenvalue weighted by Crippen LogP contribution is -2.41. The number of halogens is 4. The molecule has 0 radical (unpaired) electrons. The predicted molar refractivity (Wildman–Crippen MR) is 69.2 cm³/mol. The number of hydrogen-bond donors (Lipinski definition) is 1. The molecule has 1 N–H and O–H groups in total.